The van der Waals surface area contributed by atoms with Gasteiger partial charge in [0, 0.05) is 17.5 Å². The van der Waals surface area contributed by atoms with Crippen molar-refractivity contribution in [2.75, 3.05) is 29.5 Å². The number of nitrogens with zero attached hydrogens (tertiary/aromatic N) is 1. The first kappa shape index (κ1) is 21.9. The maximum absolute atomic E-state index is 12.5. The lowest BCUT2D eigenvalue weighted by atomic mass is 10.2. The average Bonchev–Trinajstić information content (AvgIpc) is 3.12. The van der Waals surface area contributed by atoms with E-state index in [4.69, 9.17) is 4.74 Å². The summed E-state index contributed by atoms with van der Waals surface area (Å²) in [5, 5.41) is 3.57. The second-order valence-corrected chi connectivity index (χ2v) is 10.00. The van der Waals surface area contributed by atoms with E-state index in [1.807, 2.05) is 18.7 Å². The largest absolute Gasteiger partial charge is 0.494 e. The third kappa shape index (κ3) is 6.60. The quantitative estimate of drug-likeness (QED) is 0.596. The predicted molar refractivity (Wildman–Crippen MR) is 112 cm³/mol. The van der Waals surface area contributed by atoms with Crippen molar-refractivity contribution in [3.8, 4) is 5.75 Å². The molecule has 27 heavy (non-hydrogen) atoms. The Morgan fingerprint density at radius 2 is 1.93 bits per heavy atom. The molecule has 6 nitrogen and oxygen atoms in total. The first-order valence-electron chi connectivity index (χ1n) is 9.44. The van der Waals surface area contributed by atoms with Gasteiger partial charge in [-0.1, -0.05) is 12.8 Å². The highest BCUT2D eigenvalue weighted by Gasteiger charge is 2.29. The van der Waals surface area contributed by atoms with Gasteiger partial charge in [-0.05, 0) is 51.0 Å². The number of nitrogens with one attached hydrogen (secondary N) is 1. The summed E-state index contributed by atoms with van der Waals surface area (Å²) < 4.78 is 31.2. The molecule has 0 saturated heterocycles. The fraction of sp³-hybridized carbons (Fsp3) is 0.632. The zero-order chi connectivity index (χ0) is 19.9. The van der Waals surface area contributed by atoms with Crippen LogP contribution in [-0.4, -0.2) is 50.8 Å². The van der Waals surface area contributed by atoms with Crippen molar-refractivity contribution in [2.45, 2.75) is 50.8 Å². The molecule has 1 saturated carbocycles. The summed E-state index contributed by atoms with van der Waals surface area (Å²) in [5.74, 6) is 1.22. The maximum atomic E-state index is 12.5. The average molecular weight is 415 g/mol. The number of carbonyl (C=O) groups is 1. The van der Waals surface area contributed by atoms with Crippen LogP contribution in [0.1, 0.15) is 39.5 Å². The van der Waals surface area contributed by atoms with Gasteiger partial charge in [0.05, 0.1) is 18.6 Å². The van der Waals surface area contributed by atoms with E-state index in [0.717, 1.165) is 16.3 Å². The Balaban J connectivity index is 1.96. The first-order valence-corrected chi connectivity index (χ1v) is 12.3. The van der Waals surface area contributed by atoms with Crippen molar-refractivity contribution in [3.63, 3.8) is 0 Å². The summed E-state index contributed by atoms with van der Waals surface area (Å²) in [7, 11) is -3.60. The zero-order valence-electron chi connectivity index (χ0n) is 16.3. The van der Waals surface area contributed by atoms with Crippen LogP contribution < -0.4 is 14.4 Å². The summed E-state index contributed by atoms with van der Waals surface area (Å²) >= 11 is 1.89. The molecule has 2 rings (SSSR count). The van der Waals surface area contributed by atoms with Crippen molar-refractivity contribution in [2.24, 2.45) is 0 Å². The van der Waals surface area contributed by atoms with Crippen molar-refractivity contribution in [1.29, 1.82) is 0 Å². The van der Waals surface area contributed by atoms with E-state index < -0.39 is 16.1 Å². The van der Waals surface area contributed by atoms with Gasteiger partial charge < -0.3 is 10.1 Å². The van der Waals surface area contributed by atoms with Gasteiger partial charge in [0.1, 0.15) is 11.8 Å². The highest BCUT2D eigenvalue weighted by Crippen LogP contribution is 2.29. The number of hydrogen-bond donors (Lipinski definition) is 1. The number of rotatable bonds is 10. The number of hydrogen-bond acceptors (Lipinski definition) is 5. The first-order chi connectivity index (χ1) is 12.8. The minimum Gasteiger partial charge on any atom is -0.494 e. The van der Waals surface area contributed by atoms with Crippen LogP contribution in [0.15, 0.2) is 24.3 Å². The summed E-state index contributed by atoms with van der Waals surface area (Å²) in [6.07, 6.45) is 6.23. The van der Waals surface area contributed by atoms with E-state index in [0.29, 0.717) is 29.8 Å². The SMILES string of the molecule is CCOc1ccc(N([C@H](C)C(=O)NCCSC2CCCC2)S(C)(=O)=O)cc1. The summed E-state index contributed by atoms with van der Waals surface area (Å²) in [4.78, 5) is 12.5. The molecule has 0 unspecified atom stereocenters. The molecule has 1 aromatic rings. The molecule has 1 aliphatic carbocycles. The maximum Gasteiger partial charge on any atom is 0.243 e. The van der Waals surface area contributed by atoms with Gasteiger partial charge in [-0.3, -0.25) is 9.10 Å². The van der Waals surface area contributed by atoms with Gasteiger partial charge in [0.15, 0.2) is 0 Å². The van der Waals surface area contributed by atoms with Crippen molar-refractivity contribution < 1.29 is 17.9 Å². The highest BCUT2D eigenvalue weighted by molar-refractivity contribution is 7.99. The van der Waals surface area contributed by atoms with Crippen LogP contribution in [-0.2, 0) is 14.8 Å². The minimum atomic E-state index is -3.60. The van der Waals surface area contributed by atoms with Crippen LogP contribution in [0.25, 0.3) is 0 Å². The molecule has 0 bridgehead atoms. The number of benzene rings is 1. The molecule has 0 radical (unpaired) electrons. The third-order valence-electron chi connectivity index (χ3n) is 4.55. The van der Waals surface area contributed by atoms with Gasteiger partial charge in [-0.25, -0.2) is 8.42 Å². The molecule has 0 aliphatic heterocycles. The standard InChI is InChI=1S/C19H30N2O4S2/c1-4-25-17-11-9-16(10-12-17)21(27(3,23)24)15(2)19(22)20-13-14-26-18-7-5-6-8-18/h9-12,15,18H,4-8,13-14H2,1-3H3,(H,20,22)/t15-/m1/s1. The molecule has 1 fully saturated rings. The van der Waals surface area contributed by atoms with Crippen LogP contribution >= 0.6 is 11.8 Å². The Labute approximate surface area is 167 Å². The predicted octanol–water partition coefficient (Wildman–Crippen LogP) is 3.03. The van der Waals surface area contributed by atoms with Crippen LogP contribution in [0.3, 0.4) is 0 Å². The van der Waals surface area contributed by atoms with Crippen molar-refractivity contribution >= 4 is 33.4 Å². The second-order valence-electron chi connectivity index (χ2n) is 6.73. The van der Waals surface area contributed by atoms with Gasteiger partial charge in [0.2, 0.25) is 15.9 Å². The van der Waals surface area contributed by atoms with Crippen LogP contribution in [0.5, 0.6) is 5.75 Å². The fourth-order valence-electron chi connectivity index (χ4n) is 3.27. The molecule has 8 heteroatoms. The minimum absolute atomic E-state index is 0.290. The molecule has 1 atom stereocenters. The topological polar surface area (TPSA) is 75.7 Å². The number of carbonyl (C=O) groups excluding carboxylic acids is 1. The van der Waals surface area contributed by atoms with Crippen LogP contribution in [0.2, 0.25) is 0 Å². The highest BCUT2D eigenvalue weighted by atomic mass is 32.2. The smallest absolute Gasteiger partial charge is 0.243 e. The van der Waals surface area contributed by atoms with Gasteiger partial charge in [-0.15, -0.1) is 0 Å². The lowest BCUT2D eigenvalue weighted by molar-refractivity contribution is -0.121. The third-order valence-corrected chi connectivity index (χ3v) is 7.17. The van der Waals surface area contributed by atoms with Crippen LogP contribution in [0, 0.1) is 0 Å². The second kappa shape index (κ2) is 10.2. The zero-order valence-corrected chi connectivity index (χ0v) is 17.9. The molecule has 0 spiro atoms. The molecule has 152 valence electrons. The van der Waals surface area contributed by atoms with E-state index in [9.17, 15) is 13.2 Å². The van der Waals surface area contributed by atoms with E-state index >= 15 is 0 Å². The number of amides is 1. The Morgan fingerprint density at radius 3 is 2.48 bits per heavy atom. The van der Waals surface area contributed by atoms with Gasteiger partial charge in [0.25, 0.3) is 0 Å². The Morgan fingerprint density at radius 1 is 1.30 bits per heavy atom. The Bertz CT molecular complexity index is 701. The van der Waals surface area contributed by atoms with E-state index in [1.54, 1.807) is 31.2 Å². The van der Waals surface area contributed by atoms with E-state index in [2.05, 4.69) is 5.32 Å². The number of thioether (sulfide) groups is 1. The molecule has 1 aliphatic rings. The van der Waals surface area contributed by atoms with Gasteiger partial charge in [-0.2, -0.15) is 11.8 Å². The summed E-state index contributed by atoms with van der Waals surface area (Å²) in [6, 6.07) is 5.91. The number of anilines is 1. The lowest BCUT2D eigenvalue weighted by Gasteiger charge is -2.28. The Hall–Kier alpha value is -1.41. The number of sulfonamides is 1. The fourth-order valence-corrected chi connectivity index (χ4v) is 5.66. The normalized spacial score (nSPS) is 16.1. The molecule has 1 aromatic carbocycles. The van der Waals surface area contributed by atoms with Crippen molar-refractivity contribution in [1.82, 2.24) is 5.32 Å². The molecular formula is C19H30N2O4S2. The number of ether oxygens (including phenoxy) is 1. The molecule has 1 amide bonds. The van der Waals surface area contributed by atoms with E-state index in [-0.39, 0.29) is 5.91 Å². The summed E-state index contributed by atoms with van der Waals surface area (Å²) in [6.45, 7) is 4.57. The molecule has 0 aromatic heterocycles. The van der Waals surface area contributed by atoms with Crippen molar-refractivity contribution in [3.05, 3.63) is 24.3 Å². The molecular weight excluding hydrogens is 384 g/mol. The monoisotopic (exact) mass is 414 g/mol. The molecule has 1 N–H and O–H groups in total. The van der Waals surface area contributed by atoms with Crippen LogP contribution in [0.4, 0.5) is 5.69 Å². The molecule has 0 heterocycles. The van der Waals surface area contributed by atoms with E-state index in [1.165, 1.54) is 25.7 Å². The Kier molecular flexibility index (Phi) is 8.28. The van der Waals surface area contributed by atoms with Gasteiger partial charge >= 0.3 is 0 Å². The lowest BCUT2D eigenvalue weighted by Crippen LogP contribution is -2.48. The summed E-state index contributed by atoms with van der Waals surface area (Å²) in [5.41, 5.74) is 0.448.